The first kappa shape index (κ1) is 12.0. The Bertz CT molecular complexity index is 315. The first-order valence-corrected chi connectivity index (χ1v) is 6.90. The van der Waals surface area contributed by atoms with E-state index >= 15 is 0 Å². The van der Waals surface area contributed by atoms with Crippen LogP contribution in [0.3, 0.4) is 0 Å². The third kappa shape index (κ3) is 2.44. The van der Waals surface area contributed by atoms with Gasteiger partial charge in [0, 0.05) is 24.0 Å². The van der Waals surface area contributed by atoms with E-state index in [1.54, 1.807) is 11.3 Å². The zero-order valence-corrected chi connectivity index (χ0v) is 11.2. The molecule has 2 rings (SSSR count). The number of likely N-dealkylation sites (tertiary alicyclic amines) is 1. The predicted molar refractivity (Wildman–Crippen MR) is 68.8 cm³/mol. The minimum absolute atomic E-state index is 0.332. The quantitative estimate of drug-likeness (QED) is 0.877. The topological polar surface area (TPSA) is 28.2 Å². The first-order chi connectivity index (χ1) is 7.64. The van der Waals surface area contributed by atoms with E-state index in [0.29, 0.717) is 11.6 Å². The summed E-state index contributed by atoms with van der Waals surface area (Å²) in [5.41, 5.74) is 3.48. The summed E-state index contributed by atoms with van der Waals surface area (Å²) in [5.74, 6) is 0. The van der Waals surface area contributed by atoms with Crippen LogP contribution < -0.4 is 5.32 Å². The molecule has 4 heteroatoms. The van der Waals surface area contributed by atoms with Gasteiger partial charge in [-0.15, -0.1) is 11.3 Å². The van der Waals surface area contributed by atoms with Crippen molar-refractivity contribution >= 4 is 11.3 Å². The molecule has 1 atom stereocenters. The number of thiazole rings is 1. The molecular weight excluding hydrogens is 218 g/mol. The van der Waals surface area contributed by atoms with Crippen molar-refractivity contribution in [2.75, 3.05) is 20.1 Å². The van der Waals surface area contributed by atoms with Crippen LogP contribution in [-0.4, -0.2) is 35.6 Å². The van der Waals surface area contributed by atoms with E-state index in [9.17, 15) is 0 Å². The number of piperidine rings is 1. The fourth-order valence-corrected chi connectivity index (χ4v) is 2.91. The van der Waals surface area contributed by atoms with Crippen LogP contribution in [0.2, 0.25) is 0 Å². The maximum absolute atomic E-state index is 4.41. The highest BCUT2D eigenvalue weighted by Gasteiger charge is 2.30. The molecule has 0 aliphatic carbocycles. The van der Waals surface area contributed by atoms with E-state index in [1.165, 1.54) is 18.5 Å². The van der Waals surface area contributed by atoms with E-state index in [-0.39, 0.29) is 0 Å². The summed E-state index contributed by atoms with van der Waals surface area (Å²) in [4.78, 5) is 6.94. The SMILES string of the molecule is CNC1(C)CCN(C(C)c2cscn2)CC1. The summed E-state index contributed by atoms with van der Waals surface area (Å²) in [7, 11) is 2.07. The summed E-state index contributed by atoms with van der Waals surface area (Å²) >= 11 is 1.69. The predicted octanol–water partition coefficient (Wildman–Crippen LogP) is 2.28. The number of aromatic nitrogens is 1. The van der Waals surface area contributed by atoms with Crippen LogP contribution in [0.25, 0.3) is 0 Å². The van der Waals surface area contributed by atoms with Crippen molar-refractivity contribution in [3.63, 3.8) is 0 Å². The Balaban J connectivity index is 1.94. The van der Waals surface area contributed by atoms with Gasteiger partial charge in [0.15, 0.2) is 0 Å². The lowest BCUT2D eigenvalue weighted by Gasteiger charge is -2.41. The molecular formula is C12H21N3S. The largest absolute Gasteiger partial charge is 0.314 e. The molecule has 0 aromatic carbocycles. The van der Waals surface area contributed by atoms with Crippen LogP contribution in [0.4, 0.5) is 0 Å². The number of hydrogen-bond acceptors (Lipinski definition) is 4. The van der Waals surface area contributed by atoms with Crippen molar-refractivity contribution in [3.05, 3.63) is 16.6 Å². The van der Waals surface area contributed by atoms with Crippen molar-refractivity contribution in [3.8, 4) is 0 Å². The second kappa shape index (κ2) is 4.82. The van der Waals surface area contributed by atoms with Gasteiger partial charge >= 0.3 is 0 Å². The van der Waals surface area contributed by atoms with E-state index in [0.717, 1.165) is 13.1 Å². The van der Waals surface area contributed by atoms with Gasteiger partial charge < -0.3 is 5.32 Å². The maximum Gasteiger partial charge on any atom is 0.0795 e. The number of nitrogens with zero attached hydrogens (tertiary/aromatic N) is 2. The van der Waals surface area contributed by atoms with E-state index in [4.69, 9.17) is 0 Å². The van der Waals surface area contributed by atoms with Gasteiger partial charge in [0.2, 0.25) is 0 Å². The van der Waals surface area contributed by atoms with Crippen LogP contribution in [0.5, 0.6) is 0 Å². The lowest BCUT2D eigenvalue weighted by molar-refractivity contribution is 0.116. The molecule has 1 N–H and O–H groups in total. The standard InChI is InChI=1S/C12H21N3S/c1-10(11-8-16-9-14-11)15-6-4-12(2,13-3)5-7-15/h8-10,13H,4-7H2,1-3H3. The van der Waals surface area contributed by atoms with Gasteiger partial charge in [0.25, 0.3) is 0 Å². The molecule has 1 fully saturated rings. The van der Waals surface area contributed by atoms with Gasteiger partial charge in [-0.2, -0.15) is 0 Å². The Labute approximate surface area is 102 Å². The van der Waals surface area contributed by atoms with Crippen LogP contribution >= 0.6 is 11.3 Å². The van der Waals surface area contributed by atoms with Gasteiger partial charge in [0.05, 0.1) is 17.2 Å². The molecule has 1 unspecified atom stereocenters. The van der Waals surface area contributed by atoms with E-state index in [1.807, 2.05) is 5.51 Å². The molecule has 0 saturated carbocycles. The molecule has 1 aliphatic heterocycles. The fraction of sp³-hybridized carbons (Fsp3) is 0.750. The molecule has 1 aliphatic rings. The summed E-state index contributed by atoms with van der Waals surface area (Å²) in [6.07, 6.45) is 2.44. The van der Waals surface area contributed by atoms with Gasteiger partial charge in [-0.1, -0.05) is 0 Å². The highest BCUT2D eigenvalue weighted by Crippen LogP contribution is 2.28. The zero-order valence-electron chi connectivity index (χ0n) is 10.4. The van der Waals surface area contributed by atoms with Crippen LogP contribution in [0.1, 0.15) is 38.4 Å². The normalized spacial score (nSPS) is 23.2. The Morgan fingerprint density at radius 3 is 2.69 bits per heavy atom. The highest BCUT2D eigenvalue weighted by atomic mass is 32.1. The average Bonchev–Trinajstić information content (AvgIpc) is 2.83. The number of rotatable bonds is 3. The Morgan fingerprint density at radius 1 is 1.50 bits per heavy atom. The molecule has 0 bridgehead atoms. The van der Waals surface area contributed by atoms with Crippen molar-refractivity contribution in [1.82, 2.24) is 15.2 Å². The van der Waals surface area contributed by atoms with E-state index in [2.05, 4.69) is 41.5 Å². The second-order valence-corrected chi connectivity index (χ2v) is 5.65. The lowest BCUT2D eigenvalue weighted by Crippen LogP contribution is -2.50. The highest BCUT2D eigenvalue weighted by molar-refractivity contribution is 7.07. The molecule has 90 valence electrons. The molecule has 2 heterocycles. The smallest absolute Gasteiger partial charge is 0.0795 e. The number of hydrogen-bond donors (Lipinski definition) is 1. The molecule has 16 heavy (non-hydrogen) atoms. The third-order valence-electron chi connectivity index (χ3n) is 3.93. The Hall–Kier alpha value is -0.450. The summed E-state index contributed by atoms with van der Waals surface area (Å²) in [6, 6.07) is 0.465. The van der Waals surface area contributed by atoms with Crippen LogP contribution in [0.15, 0.2) is 10.9 Å². The maximum atomic E-state index is 4.41. The second-order valence-electron chi connectivity index (χ2n) is 4.94. The minimum Gasteiger partial charge on any atom is -0.314 e. The minimum atomic E-state index is 0.332. The van der Waals surface area contributed by atoms with Gasteiger partial charge in [0.1, 0.15) is 0 Å². The monoisotopic (exact) mass is 239 g/mol. The molecule has 0 radical (unpaired) electrons. The van der Waals surface area contributed by atoms with Gasteiger partial charge in [-0.25, -0.2) is 4.98 Å². The molecule has 1 saturated heterocycles. The average molecular weight is 239 g/mol. The third-order valence-corrected chi connectivity index (χ3v) is 4.54. The van der Waals surface area contributed by atoms with E-state index < -0.39 is 0 Å². The lowest BCUT2D eigenvalue weighted by atomic mass is 9.89. The molecule has 1 aromatic rings. The molecule has 3 nitrogen and oxygen atoms in total. The summed E-state index contributed by atoms with van der Waals surface area (Å²) in [6.45, 7) is 6.90. The Morgan fingerprint density at radius 2 is 2.19 bits per heavy atom. The van der Waals surface area contributed by atoms with Crippen molar-refractivity contribution in [2.24, 2.45) is 0 Å². The first-order valence-electron chi connectivity index (χ1n) is 5.96. The summed E-state index contributed by atoms with van der Waals surface area (Å²) < 4.78 is 0. The van der Waals surface area contributed by atoms with Crippen LogP contribution in [-0.2, 0) is 0 Å². The van der Waals surface area contributed by atoms with Crippen molar-refractivity contribution in [1.29, 1.82) is 0 Å². The molecule has 0 spiro atoms. The van der Waals surface area contributed by atoms with Crippen LogP contribution in [0, 0.1) is 0 Å². The fourth-order valence-electron chi connectivity index (χ4n) is 2.27. The number of nitrogens with one attached hydrogen (secondary N) is 1. The van der Waals surface area contributed by atoms with Gasteiger partial charge in [-0.05, 0) is 33.7 Å². The molecule has 0 amide bonds. The van der Waals surface area contributed by atoms with Crippen molar-refractivity contribution in [2.45, 2.75) is 38.3 Å². The zero-order chi connectivity index (χ0) is 11.6. The Kier molecular flexibility index (Phi) is 3.62. The summed E-state index contributed by atoms with van der Waals surface area (Å²) in [5, 5.41) is 5.60. The van der Waals surface area contributed by atoms with Crippen molar-refractivity contribution < 1.29 is 0 Å². The molecule has 1 aromatic heterocycles. The van der Waals surface area contributed by atoms with Gasteiger partial charge in [-0.3, -0.25) is 4.90 Å².